The highest BCUT2D eigenvalue weighted by Crippen LogP contribution is 2.30. The van der Waals surface area contributed by atoms with Gasteiger partial charge in [-0.15, -0.1) is 0 Å². The first-order valence-corrected chi connectivity index (χ1v) is 11.4. The van der Waals surface area contributed by atoms with Crippen molar-refractivity contribution in [1.82, 2.24) is 9.29 Å². The largest absolute Gasteiger partial charge is 0.454 e. The lowest BCUT2D eigenvalue weighted by Crippen LogP contribution is -2.21. The number of sulfonamides is 1. The van der Waals surface area contributed by atoms with Gasteiger partial charge in [-0.2, -0.15) is 0 Å². The van der Waals surface area contributed by atoms with Crippen LogP contribution >= 0.6 is 27.7 Å². The van der Waals surface area contributed by atoms with Crippen LogP contribution in [0.5, 0.6) is 0 Å². The van der Waals surface area contributed by atoms with Crippen LogP contribution in [0.25, 0.3) is 0 Å². The first kappa shape index (κ1) is 21.6. The van der Waals surface area contributed by atoms with E-state index in [-0.39, 0.29) is 17.5 Å². The van der Waals surface area contributed by atoms with E-state index in [0.29, 0.717) is 10.5 Å². The molecular weight excluding hydrogens is 480 g/mol. The summed E-state index contributed by atoms with van der Waals surface area (Å²) in [4.78, 5) is 17.6. The van der Waals surface area contributed by atoms with E-state index in [4.69, 9.17) is 9.15 Å². The van der Waals surface area contributed by atoms with Gasteiger partial charge in [-0.05, 0) is 52.3 Å². The van der Waals surface area contributed by atoms with Crippen molar-refractivity contribution in [2.45, 2.75) is 21.6 Å². The summed E-state index contributed by atoms with van der Waals surface area (Å²) in [6.45, 7) is -0.183. The molecular formula is C19H17BrN2O5S2. The van der Waals surface area contributed by atoms with E-state index in [2.05, 4.69) is 20.9 Å². The van der Waals surface area contributed by atoms with Gasteiger partial charge in [-0.1, -0.05) is 23.9 Å². The first-order chi connectivity index (χ1) is 13.8. The number of halogens is 1. The summed E-state index contributed by atoms with van der Waals surface area (Å²) in [7, 11) is -0.860. The van der Waals surface area contributed by atoms with Gasteiger partial charge in [0.1, 0.15) is 17.4 Å². The van der Waals surface area contributed by atoms with Gasteiger partial charge in [-0.3, -0.25) is 0 Å². The Balaban J connectivity index is 1.70. The highest BCUT2D eigenvalue weighted by atomic mass is 79.9. The zero-order valence-electron chi connectivity index (χ0n) is 15.5. The van der Waals surface area contributed by atoms with Crippen molar-refractivity contribution < 1.29 is 22.4 Å². The maximum atomic E-state index is 12.6. The molecule has 0 spiro atoms. The summed E-state index contributed by atoms with van der Waals surface area (Å²) in [6.07, 6.45) is 1.68. The average Bonchev–Trinajstić information content (AvgIpc) is 3.18. The number of hydrogen-bond acceptors (Lipinski definition) is 7. The Morgan fingerprint density at radius 2 is 1.93 bits per heavy atom. The molecule has 0 saturated carbocycles. The number of carbonyl (C=O) groups excluding carboxylic acids is 1. The van der Waals surface area contributed by atoms with Crippen molar-refractivity contribution in [2.75, 3.05) is 14.1 Å². The monoisotopic (exact) mass is 496 g/mol. The summed E-state index contributed by atoms with van der Waals surface area (Å²) >= 11 is 4.68. The van der Waals surface area contributed by atoms with E-state index in [9.17, 15) is 13.2 Å². The number of benzene rings is 1. The van der Waals surface area contributed by atoms with Crippen molar-refractivity contribution in [3.05, 3.63) is 70.5 Å². The summed E-state index contributed by atoms with van der Waals surface area (Å²) in [5.41, 5.74) is 0.384. The van der Waals surface area contributed by atoms with E-state index >= 15 is 0 Å². The fraction of sp³-hybridized carbons (Fsp3) is 0.158. The van der Waals surface area contributed by atoms with Crippen molar-refractivity contribution >= 4 is 43.7 Å². The SMILES string of the molecule is CN(C)S(=O)(=O)c1ccc(COC(=O)c2ccccc2Sc2ccc(Br)cn2)o1. The molecule has 152 valence electrons. The van der Waals surface area contributed by atoms with Crippen LogP contribution in [0, 0.1) is 0 Å². The minimum Gasteiger partial charge on any atom is -0.454 e. The maximum absolute atomic E-state index is 12.6. The second-order valence-electron chi connectivity index (χ2n) is 6.00. The Morgan fingerprint density at radius 1 is 1.17 bits per heavy atom. The average molecular weight is 497 g/mol. The molecule has 29 heavy (non-hydrogen) atoms. The molecule has 10 heteroatoms. The quantitative estimate of drug-likeness (QED) is 0.452. The van der Waals surface area contributed by atoms with Gasteiger partial charge in [0.15, 0.2) is 0 Å². The Hall–Kier alpha value is -2.14. The van der Waals surface area contributed by atoms with E-state index in [1.54, 1.807) is 24.4 Å². The Labute approximate surface area is 181 Å². The fourth-order valence-corrected chi connectivity index (χ4v) is 4.15. The zero-order chi connectivity index (χ0) is 21.0. The molecule has 7 nitrogen and oxygen atoms in total. The van der Waals surface area contributed by atoms with Crippen LogP contribution in [-0.4, -0.2) is 37.8 Å². The molecule has 0 atom stereocenters. The minimum atomic E-state index is -3.68. The molecule has 0 saturated heterocycles. The summed E-state index contributed by atoms with van der Waals surface area (Å²) in [5, 5.41) is 0.531. The van der Waals surface area contributed by atoms with Gasteiger partial charge in [0, 0.05) is 29.7 Å². The van der Waals surface area contributed by atoms with Crippen LogP contribution in [0.3, 0.4) is 0 Å². The number of nitrogens with zero attached hydrogens (tertiary/aromatic N) is 2. The Morgan fingerprint density at radius 3 is 2.62 bits per heavy atom. The highest BCUT2D eigenvalue weighted by molar-refractivity contribution is 9.10. The van der Waals surface area contributed by atoms with Crippen LogP contribution in [0.2, 0.25) is 0 Å². The van der Waals surface area contributed by atoms with Crippen LogP contribution in [0.15, 0.2) is 78.6 Å². The van der Waals surface area contributed by atoms with Gasteiger partial charge >= 0.3 is 5.97 Å². The smallest absolute Gasteiger partial charge is 0.339 e. The van der Waals surface area contributed by atoms with E-state index in [1.807, 2.05) is 18.2 Å². The number of aromatic nitrogens is 1. The van der Waals surface area contributed by atoms with Crippen molar-refractivity contribution in [3.63, 3.8) is 0 Å². The molecule has 2 aromatic heterocycles. The second-order valence-corrected chi connectivity index (χ2v) is 10.1. The number of furan rings is 1. The molecule has 2 heterocycles. The van der Waals surface area contributed by atoms with Crippen molar-refractivity contribution in [1.29, 1.82) is 0 Å². The molecule has 3 rings (SSSR count). The molecule has 0 radical (unpaired) electrons. The maximum Gasteiger partial charge on any atom is 0.339 e. The first-order valence-electron chi connectivity index (χ1n) is 8.34. The molecule has 0 amide bonds. The van der Waals surface area contributed by atoms with E-state index < -0.39 is 16.0 Å². The lowest BCUT2D eigenvalue weighted by atomic mass is 10.2. The number of carbonyl (C=O) groups is 1. The number of rotatable bonds is 7. The van der Waals surface area contributed by atoms with Gasteiger partial charge in [-0.25, -0.2) is 22.5 Å². The third-order valence-electron chi connectivity index (χ3n) is 3.74. The Kier molecular flexibility index (Phi) is 6.78. The predicted molar refractivity (Wildman–Crippen MR) is 111 cm³/mol. The lowest BCUT2D eigenvalue weighted by Gasteiger charge is -2.09. The minimum absolute atomic E-state index is 0.183. The predicted octanol–water partition coefficient (Wildman–Crippen LogP) is 4.20. The van der Waals surface area contributed by atoms with E-state index in [0.717, 1.165) is 13.8 Å². The summed E-state index contributed by atoms with van der Waals surface area (Å²) in [6, 6.07) is 13.5. The molecule has 0 unspecified atom stereocenters. The summed E-state index contributed by atoms with van der Waals surface area (Å²) < 4.78 is 36.6. The van der Waals surface area contributed by atoms with Gasteiger partial charge in [0.2, 0.25) is 5.09 Å². The van der Waals surface area contributed by atoms with Crippen LogP contribution < -0.4 is 0 Å². The lowest BCUT2D eigenvalue weighted by molar-refractivity contribution is 0.0436. The zero-order valence-corrected chi connectivity index (χ0v) is 18.8. The molecule has 0 bridgehead atoms. The third-order valence-corrected chi connectivity index (χ3v) is 6.92. The van der Waals surface area contributed by atoms with Crippen molar-refractivity contribution in [3.8, 4) is 0 Å². The molecule has 0 fully saturated rings. The molecule has 0 aliphatic heterocycles. The molecule has 1 aromatic carbocycles. The van der Waals surface area contributed by atoms with Gasteiger partial charge in [0.25, 0.3) is 10.0 Å². The normalized spacial score (nSPS) is 11.6. The summed E-state index contributed by atoms with van der Waals surface area (Å²) in [5.74, 6) is -0.308. The topological polar surface area (TPSA) is 89.7 Å². The second kappa shape index (κ2) is 9.12. The van der Waals surface area contributed by atoms with E-state index in [1.165, 1.54) is 38.0 Å². The number of ether oxygens (including phenoxy) is 1. The molecule has 0 aliphatic carbocycles. The van der Waals surface area contributed by atoms with Crippen LogP contribution in [0.4, 0.5) is 0 Å². The van der Waals surface area contributed by atoms with Gasteiger partial charge in [0.05, 0.1) is 5.56 Å². The number of pyridine rings is 1. The molecule has 0 aliphatic rings. The number of esters is 1. The molecule has 0 N–H and O–H groups in total. The third kappa shape index (κ3) is 5.27. The molecule has 3 aromatic rings. The van der Waals surface area contributed by atoms with Gasteiger partial charge < -0.3 is 9.15 Å². The fourth-order valence-electron chi connectivity index (χ4n) is 2.23. The highest BCUT2D eigenvalue weighted by Gasteiger charge is 2.22. The number of hydrogen-bond donors (Lipinski definition) is 0. The van der Waals surface area contributed by atoms with Crippen LogP contribution in [-0.2, 0) is 21.4 Å². The Bertz CT molecular complexity index is 1110. The van der Waals surface area contributed by atoms with Crippen molar-refractivity contribution in [2.24, 2.45) is 0 Å². The van der Waals surface area contributed by atoms with Crippen LogP contribution in [0.1, 0.15) is 16.1 Å². The standard InChI is InChI=1S/C19H17BrN2O5S2/c1-22(2)29(24,25)18-10-8-14(27-18)12-26-19(23)15-5-3-4-6-16(15)28-17-9-7-13(20)11-21-17/h3-11H,12H2,1-2H3.